The minimum Gasteiger partial charge on any atom is -0.315 e. The lowest BCUT2D eigenvalue weighted by molar-refractivity contribution is 0.217. The van der Waals surface area contributed by atoms with E-state index >= 15 is 0 Å². The van der Waals surface area contributed by atoms with Crippen molar-refractivity contribution < 1.29 is 12.8 Å². The van der Waals surface area contributed by atoms with Crippen LogP contribution in [0.15, 0.2) is 27.6 Å². The zero-order chi connectivity index (χ0) is 14.3. The molecule has 0 bridgehead atoms. The molecule has 1 N–H and O–H groups in total. The largest absolute Gasteiger partial charge is 0.315 e. The van der Waals surface area contributed by atoms with E-state index < -0.39 is 15.8 Å². The molecule has 7 heteroatoms. The van der Waals surface area contributed by atoms with Gasteiger partial charge in [-0.2, -0.15) is 4.31 Å². The van der Waals surface area contributed by atoms with E-state index in [2.05, 4.69) is 21.2 Å². The molecule has 1 aromatic rings. The first-order chi connectivity index (χ1) is 9.50. The van der Waals surface area contributed by atoms with Crippen LogP contribution in [0.25, 0.3) is 0 Å². The highest BCUT2D eigenvalue weighted by molar-refractivity contribution is 9.10. The summed E-state index contributed by atoms with van der Waals surface area (Å²) in [5, 5.41) is 3.23. The highest BCUT2D eigenvalue weighted by atomic mass is 79.9. The molecule has 0 radical (unpaired) electrons. The van der Waals surface area contributed by atoms with Gasteiger partial charge in [-0.1, -0.05) is 15.9 Å². The first kappa shape index (κ1) is 14.4. The van der Waals surface area contributed by atoms with Gasteiger partial charge in [0.15, 0.2) is 0 Å². The molecule has 0 saturated carbocycles. The zero-order valence-electron chi connectivity index (χ0n) is 10.9. The molecule has 2 heterocycles. The van der Waals surface area contributed by atoms with Gasteiger partial charge in [0.25, 0.3) is 0 Å². The van der Waals surface area contributed by atoms with Crippen molar-refractivity contribution in [2.75, 3.05) is 19.6 Å². The highest BCUT2D eigenvalue weighted by Crippen LogP contribution is 2.32. The van der Waals surface area contributed by atoms with Crippen LogP contribution in [0.5, 0.6) is 0 Å². The van der Waals surface area contributed by atoms with Crippen LogP contribution in [-0.2, 0) is 10.0 Å². The first-order valence-corrected chi connectivity index (χ1v) is 8.91. The van der Waals surface area contributed by atoms with Crippen molar-refractivity contribution in [3.8, 4) is 0 Å². The number of hydrogen-bond acceptors (Lipinski definition) is 3. The number of fused-ring (bicyclic) bond motifs is 1. The number of nitrogens with zero attached hydrogens (tertiary/aromatic N) is 1. The maximum atomic E-state index is 14.0. The summed E-state index contributed by atoms with van der Waals surface area (Å²) in [5.41, 5.74) is 0. The lowest BCUT2D eigenvalue weighted by Crippen LogP contribution is -2.48. The van der Waals surface area contributed by atoms with E-state index in [1.807, 2.05) is 0 Å². The average molecular weight is 363 g/mol. The van der Waals surface area contributed by atoms with Gasteiger partial charge < -0.3 is 5.32 Å². The van der Waals surface area contributed by atoms with E-state index in [1.54, 1.807) is 6.07 Å². The van der Waals surface area contributed by atoms with Crippen molar-refractivity contribution in [1.82, 2.24) is 9.62 Å². The Kier molecular flexibility index (Phi) is 3.87. The van der Waals surface area contributed by atoms with Crippen molar-refractivity contribution in [3.05, 3.63) is 28.5 Å². The predicted molar refractivity (Wildman–Crippen MR) is 77.4 cm³/mol. The molecule has 0 aliphatic carbocycles. The van der Waals surface area contributed by atoms with Crippen LogP contribution in [0.2, 0.25) is 0 Å². The Morgan fingerprint density at radius 2 is 2.15 bits per heavy atom. The van der Waals surface area contributed by atoms with E-state index in [0.717, 1.165) is 19.4 Å². The number of hydrogen-bond donors (Lipinski definition) is 1. The summed E-state index contributed by atoms with van der Waals surface area (Å²) in [7, 11) is -3.77. The summed E-state index contributed by atoms with van der Waals surface area (Å²) >= 11 is 3.15. The van der Waals surface area contributed by atoms with E-state index in [-0.39, 0.29) is 10.9 Å². The van der Waals surface area contributed by atoms with E-state index in [4.69, 9.17) is 0 Å². The first-order valence-electron chi connectivity index (χ1n) is 6.68. The van der Waals surface area contributed by atoms with Crippen LogP contribution in [0, 0.1) is 11.7 Å². The quantitative estimate of drug-likeness (QED) is 0.874. The van der Waals surface area contributed by atoms with Gasteiger partial charge in [-0.05, 0) is 43.5 Å². The molecule has 0 spiro atoms. The third kappa shape index (κ3) is 2.41. The topological polar surface area (TPSA) is 49.4 Å². The van der Waals surface area contributed by atoms with Gasteiger partial charge in [0.2, 0.25) is 10.0 Å². The molecule has 2 aliphatic heterocycles. The maximum absolute atomic E-state index is 14.0. The molecule has 0 aromatic heterocycles. The second-order valence-electron chi connectivity index (χ2n) is 5.32. The molecule has 2 fully saturated rings. The van der Waals surface area contributed by atoms with Crippen molar-refractivity contribution in [3.63, 3.8) is 0 Å². The standard InChI is InChI=1S/C13H16BrFN2O2S/c14-10-3-4-13(11(15)6-10)20(18,19)17-5-1-2-9-7-16-8-12(9)17/h3-4,6,9,12,16H,1-2,5,7-8H2. The Bertz CT molecular complexity index is 623. The Hall–Kier alpha value is -0.500. The van der Waals surface area contributed by atoms with Crippen molar-refractivity contribution >= 4 is 26.0 Å². The number of piperidine rings is 1. The molecule has 2 atom stereocenters. The molecule has 1 aromatic carbocycles. The monoisotopic (exact) mass is 362 g/mol. The molecule has 4 nitrogen and oxygen atoms in total. The number of sulfonamides is 1. The molecule has 20 heavy (non-hydrogen) atoms. The Balaban J connectivity index is 1.98. The number of rotatable bonds is 2. The van der Waals surface area contributed by atoms with Gasteiger partial charge in [0.1, 0.15) is 10.7 Å². The molecule has 0 amide bonds. The normalized spacial score (nSPS) is 27.5. The van der Waals surface area contributed by atoms with Gasteiger partial charge in [0, 0.05) is 23.6 Å². The zero-order valence-corrected chi connectivity index (χ0v) is 13.3. The number of halogens is 2. The fourth-order valence-electron chi connectivity index (χ4n) is 3.14. The van der Waals surface area contributed by atoms with Crippen LogP contribution in [0.3, 0.4) is 0 Å². The minimum atomic E-state index is -3.77. The fourth-order valence-corrected chi connectivity index (χ4v) is 5.24. The molecule has 110 valence electrons. The third-order valence-corrected chi connectivity index (χ3v) is 6.56. The molecule has 2 unspecified atom stereocenters. The molecule has 3 rings (SSSR count). The Morgan fingerprint density at radius 3 is 2.90 bits per heavy atom. The van der Waals surface area contributed by atoms with Crippen molar-refractivity contribution in [1.29, 1.82) is 0 Å². The van der Waals surface area contributed by atoms with E-state index in [9.17, 15) is 12.8 Å². The summed E-state index contributed by atoms with van der Waals surface area (Å²) in [4.78, 5) is -0.228. The van der Waals surface area contributed by atoms with Gasteiger partial charge >= 0.3 is 0 Å². The van der Waals surface area contributed by atoms with Crippen molar-refractivity contribution in [2.45, 2.75) is 23.8 Å². The summed E-state index contributed by atoms with van der Waals surface area (Å²) in [6.07, 6.45) is 1.87. The molecular formula is C13H16BrFN2O2S. The van der Waals surface area contributed by atoms with Gasteiger partial charge in [-0.3, -0.25) is 0 Å². The Labute approximate surface area is 126 Å². The summed E-state index contributed by atoms with van der Waals surface area (Å²) < 4.78 is 41.4. The Morgan fingerprint density at radius 1 is 1.35 bits per heavy atom. The molecular weight excluding hydrogens is 347 g/mol. The van der Waals surface area contributed by atoms with Crippen LogP contribution in [0.4, 0.5) is 4.39 Å². The second-order valence-corrected chi connectivity index (χ2v) is 8.09. The SMILES string of the molecule is O=S(=O)(c1ccc(Br)cc1F)N1CCCC2CNCC21. The third-order valence-electron chi connectivity index (χ3n) is 4.11. The predicted octanol–water partition coefficient (Wildman–Crippen LogP) is 1.96. The van der Waals surface area contributed by atoms with Crippen LogP contribution >= 0.6 is 15.9 Å². The highest BCUT2D eigenvalue weighted by Gasteiger charge is 2.42. The summed E-state index contributed by atoms with van der Waals surface area (Å²) in [6, 6.07) is 4.04. The van der Waals surface area contributed by atoms with Gasteiger partial charge in [-0.15, -0.1) is 0 Å². The number of nitrogens with one attached hydrogen (secondary N) is 1. The van der Waals surface area contributed by atoms with Crippen LogP contribution in [-0.4, -0.2) is 38.4 Å². The average Bonchev–Trinajstić information content (AvgIpc) is 2.85. The summed E-state index contributed by atoms with van der Waals surface area (Å²) in [6.45, 7) is 1.97. The lowest BCUT2D eigenvalue weighted by Gasteiger charge is -2.35. The van der Waals surface area contributed by atoms with Gasteiger partial charge in [-0.25, -0.2) is 12.8 Å². The summed E-state index contributed by atoms with van der Waals surface area (Å²) in [5.74, 6) is -0.357. The van der Waals surface area contributed by atoms with E-state index in [0.29, 0.717) is 23.5 Å². The van der Waals surface area contributed by atoms with Crippen LogP contribution in [0.1, 0.15) is 12.8 Å². The second kappa shape index (κ2) is 5.36. The van der Waals surface area contributed by atoms with Crippen LogP contribution < -0.4 is 5.32 Å². The van der Waals surface area contributed by atoms with E-state index in [1.165, 1.54) is 16.4 Å². The number of benzene rings is 1. The molecule has 2 aliphatic rings. The fraction of sp³-hybridized carbons (Fsp3) is 0.538. The minimum absolute atomic E-state index is 0.0446. The van der Waals surface area contributed by atoms with Gasteiger partial charge in [0.05, 0.1) is 0 Å². The maximum Gasteiger partial charge on any atom is 0.246 e. The van der Waals surface area contributed by atoms with Crippen molar-refractivity contribution in [2.24, 2.45) is 5.92 Å². The lowest BCUT2D eigenvalue weighted by atomic mass is 9.94. The smallest absolute Gasteiger partial charge is 0.246 e. The molecule has 2 saturated heterocycles.